The number of aromatic nitrogens is 3. The fourth-order valence-corrected chi connectivity index (χ4v) is 1.90. The van der Waals surface area contributed by atoms with Gasteiger partial charge < -0.3 is 10.1 Å². The van der Waals surface area contributed by atoms with Gasteiger partial charge in [-0.05, 0) is 25.8 Å². The second-order valence-corrected chi connectivity index (χ2v) is 5.52. The predicted octanol–water partition coefficient (Wildman–Crippen LogP) is 1.36. The van der Waals surface area contributed by atoms with Crippen LogP contribution >= 0.6 is 0 Å². The zero-order valence-electron chi connectivity index (χ0n) is 13.2. The predicted molar refractivity (Wildman–Crippen MR) is 80.4 cm³/mol. The van der Waals surface area contributed by atoms with Crippen molar-refractivity contribution in [1.82, 2.24) is 19.9 Å². The second kappa shape index (κ2) is 6.55. The maximum Gasteiger partial charge on any atom is 0.344 e. The largest absolute Gasteiger partial charge is 0.452 e. The maximum atomic E-state index is 12.2. The molecule has 0 saturated heterocycles. The maximum absolute atomic E-state index is 12.2. The Bertz CT molecular complexity index is 693. The molecule has 0 aliphatic heterocycles. The molecule has 0 aromatic carbocycles. The second-order valence-electron chi connectivity index (χ2n) is 5.52. The van der Waals surface area contributed by atoms with Gasteiger partial charge in [0.15, 0.2) is 12.3 Å². The summed E-state index contributed by atoms with van der Waals surface area (Å²) in [6.45, 7) is 7.30. The quantitative estimate of drug-likeness (QED) is 0.843. The van der Waals surface area contributed by atoms with Gasteiger partial charge in [-0.15, -0.1) is 0 Å². The summed E-state index contributed by atoms with van der Waals surface area (Å²) < 4.78 is 6.58. The SMILES string of the molecule is Cc1nn2cccnc2c1C(=O)OCC(=O)NC(C)C(C)C. The van der Waals surface area contributed by atoms with Crippen molar-refractivity contribution in [2.75, 3.05) is 6.61 Å². The van der Waals surface area contributed by atoms with Crippen molar-refractivity contribution in [2.24, 2.45) is 5.92 Å². The molecule has 1 amide bonds. The van der Waals surface area contributed by atoms with Crippen molar-refractivity contribution in [3.05, 3.63) is 29.7 Å². The van der Waals surface area contributed by atoms with Gasteiger partial charge in [-0.2, -0.15) is 5.10 Å². The van der Waals surface area contributed by atoms with E-state index in [1.807, 2.05) is 20.8 Å². The number of carbonyl (C=O) groups is 2. The van der Waals surface area contributed by atoms with Crippen LogP contribution in [0.3, 0.4) is 0 Å². The topological polar surface area (TPSA) is 85.6 Å². The zero-order chi connectivity index (χ0) is 16.3. The summed E-state index contributed by atoms with van der Waals surface area (Å²) in [6, 6.07) is 1.74. The molecule has 0 spiro atoms. The fourth-order valence-electron chi connectivity index (χ4n) is 1.90. The van der Waals surface area contributed by atoms with Crippen molar-refractivity contribution in [2.45, 2.75) is 33.7 Å². The normalized spacial score (nSPS) is 12.4. The molecular formula is C15H20N4O3. The molecule has 7 nitrogen and oxygen atoms in total. The first-order valence-electron chi connectivity index (χ1n) is 7.16. The van der Waals surface area contributed by atoms with Crippen LogP contribution in [0.15, 0.2) is 18.5 Å². The number of hydrogen-bond donors (Lipinski definition) is 1. The van der Waals surface area contributed by atoms with Gasteiger partial charge in [-0.1, -0.05) is 13.8 Å². The summed E-state index contributed by atoms with van der Waals surface area (Å²) in [5.74, 6) is -0.610. The van der Waals surface area contributed by atoms with Gasteiger partial charge in [-0.3, -0.25) is 4.79 Å². The van der Waals surface area contributed by atoms with Crippen LogP contribution in [0.5, 0.6) is 0 Å². The Kier molecular flexibility index (Phi) is 4.75. The van der Waals surface area contributed by atoms with E-state index >= 15 is 0 Å². The van der Waals surface area contributed by atoms with Crippen LogP contribution in [0.1, 0.15) is 36.8 Å². The molecule has 1 unspecified atom stereocenters. The van der Waals surface area contributed by atoms with E-state index in [4.69, 9.17) is 4.74 Å². The molecule has 1 atom stereocenters. The number of hydrogen-bond acceptors (Lipinski definition) is 5. The molecule has 0 fully saturated rings. The van der Waals surface area contributed by atoms with Crippen molar-refractivity contribution < 1.29 is 14.3 Å². The summed E-state index contributed by atoms with van der Waals surface area (Å²) in [5, 5.41) is 6.96. The van der Waals surface area contributed by atoms with E-state index in [2.05, 4.69) is 15.4 Å². The van der Waals surface area contributed by atoms with E-state index in [-0.39, 0.29) is 24.1 Å². The summed E-state index contributed by atoms with van der Waals surface area (Å²) >= 11 is 0. The highest BCUT2D eigenvalue weighted by molar-refractivity contribution is 5.98. The number of fused-ring (bicyclic) bond motifs is 1. The summed E-state index contributed by atoms with van der Waals surface area (Å²) in [4.78, 5) is 28.0. The van der Waals surface area contributed by atoms with Gasteiger partial charge in [0.2, 0.25) is 0 Å². The van der Waals surface area contributed by atoms with Gasteiger partial charge in [0.1, 0.15) is 5.56 Å². The van der Waals surface area contributed by atoms with E-state index in [9.17, 15) is 9.59 Å². The highest BCUT2D eigenvalue weighted by atomic mass is 16.5. The van der Waals surface area contributed by atoms with Crippen molar-refractivity contribution in [1.29, 1.82) is 0 Å². The van der Waals surface area contributed by atoms with Crippen molar-refractivity contribution in [3.63, 3.8) is 0 Å². The highest BCUT2D eigenvalue weighted by Crippen LogP contribution is 2.13. The number of ether oxygens (including phenoxy) is 1. The molecule has 118 valence electrons. The van der Waals surface area contributed by atoms with Gasteiger partial charge in [0.05, 0.1) is 5.69 Å². The molecule has 0 saturated carbocycles. The molecule has 0 radical (unpaired) electrons. The van der Waals surface area contributed by atoms with Crippen LogP contribution < -0.4 is 5.32 Å². The molecule has 0 bridgehead atoms. The Balaban J connectivity index is 2.03. The van der Waals surface area contributed by atoms with Crippen LogP contribution in [-0.2, 0) is 9.53 Å². The first-order valence-corrected chi connectivity index (χ1v) is 7.16. The van der Waals surface area contributed by atoms with Crippen LogP contribution in [0.2, 0.25) is 0 Å². The Hall–Kier alpha value is -2.44. The Morgan fingerprint density at radius 1 is 1.36 bits per heavy atom. The first-order chi connectivity index (χ1) is 10.4. The lowest BCUT2D eigenvalue weighted by atomic mass is 10.1. The molecule has 2 heterocycles. The first kappa shape index (κ1) is 15.9. The zero-order valence-corrected chi connectivity index (χ0v) is 13.2. The van der Waals surface area contributed by atoms with Gasteiger partial charge in [-0.25, -0.2) is 14.3 Å². The van der Waals surface area contributed by atoms with E-state index < -0.39 is 5.97 Å². The third kappa shape index (κ3) is 3.41. The van der Waals surface area contributed by atoms with E-state index in [1.54, 1.807) is 25.4 Å². The van der Waals surface area contributed by atoms with Gasteiger partial charge >= 0.3 is 5.97 Å². The number of nitrogens with one attached hydrogen (secondary N) is 1. The minimum absolute atomic E-state index is 0.0200. The molecule has 2 aromatic heterocycles. The standard InChI is InChI=1S/C15H20N4O3/c1-9(2)10(3)17-12(20)8-22-15(21)13-11(4)18-19-7-5-6-16-14(13)19/h5-7,9-10H,8H2,1-4H3,(H,17,20). The molecular weight excluding hydrogens is 284 g/mol. The number of amides is 1. The van der Waals surface area contributed by atoms with E-state index in [0.717, 1.165) is 0 Å². The average molecular weight is 304 g/mol. The van der Waals surface area contributed by atoms with Crippen LogP contribution in [0, 0.1) is 12.8 Å². The third-order valence-electron chi connectivity index (χ3n) is 3.50. The van der Waals surface area contributed by atoms with E-state index in [1.165, 1.54) is 4.52 Å². The molecule has 0 aliphatic carbocycles. The van der Waals surface area contributed by atoms with E-state index in [0.29, 0.717) is 17.3 Å². The highest BCUT2D eigenvalue weighted by Gasteiger charge is 2.21. The molecule has 22 heavy (non-hydrogen) atoms. The van der Waals surface area contributed by atoms with Crippen LogP contribution in [0.25, 0.3) is 5.65 Å². The number of aryl methyl sites for hydroxylation is 1. The Morgan fingerprint density at radius 3 is 2.77 bits per heavy atom. The minimum Gasteiger partial charge on any atom is -0.452 e. The Labute approximate surface area is 128 Å². The monoisotopic (exact) mass is 304 g/mol. The number of rotatable bonds is 5. The van der Waals surface area contributed by atoms with Crippen molar-refractivity contribution in [3.8, 4) is 0 Å². The number of nitrogens with zero attached hydrogens (tertiary/aromatic N) is 3. The summed E-state index contributed by atoms with van der Waals surface area (Å²) in [5.41, 5.74) is 1.21. The number of carbonyl (C=O) groups excluding carboxylic acids is 2. The third-order valence-corrected chi connectivity index (χ3v) is 3.50. The molecule has 1 N–H and O–H groups in total. The van der Waals surface area contributed by atoms with Gasteiger partial charge in [0.25, 0.3) is 5.91 Å². The van der Waals surface area contributed by atoms with Crippen LogP contribution in [0.4, 0.5) is 0 Å². The molecule has 0 aliphatic rings. The molecule has 2 rings (SSSR count). The van der Waals surface area contributed by atoms with Crippen molar-refractivity contribution >= 4 is 17.5 Å². The van der Waals surface area contributed by atoms with Crippen LogP contribution in [-0.4, -0.2) is 39.1 Å². The lowest BCUT2D eigenvalue weighted by Gasteiger charge is -2.17. The molecule has 7 heteroatoms. The lowest BCUT2D eigenvalue weighted by Crippen LogP contribution is -2.38. The summed E-state index contributed by atoms with van der Waals surface area (Å²) in [6.07, 6.45) is 3.27. The minimum atomic E-state index is -0.599. The van der Waals surface area contributed by atoms with Gasteiger partial charge in [0, 0.05) is 18.4 Å². The average Bonchev–Trinajstić information content (AvgIpc) is 2.80. The summed E-state index contributed by atoms with van der Waals surface area (Å²) in [7, 11) is 0. The lowest BCUT2D eigenvalue weighted by molar-refractivity contribution is -0.125. The Morgan fingerprint density at radius 2 is 2.09 bits per heavy atom. The smallest absolute Gasteiger partial charge is 0.344 e. The molecule has 2 aromatic rings. The number of esters is 1. The fraction of sp³-hybridized carbons (Fsp3) is 0.467.